The molecule has 0 radical (unpaired) electrons. The van der Waals surface area contributed by atoms with Crippen molar-refractivity contribution in [3.63, 3.8) is 0 Å². The highest BCUT2D eigenvalue weighted by Gasteiger charge is 2.40. The fraction of sp³-hybridized carbons (Fsp3) is 0.333. The molecule has 0 spiro atoms. The standard InChI is InChI=1S/C21H20N2O5S/c1-3-28-19(25)16-14-9-10-21(12-22,13-7-5-4-6-8-13)11-15(14)29-18(16)23-17(24)20(26)27-2/h4-8H,3,9-11H2,1-2H3,(H,23,24)/t21-/m1/s1. The topological polar surface area (TPSA) is 105 Å². The van der Waals surface area contributed by atoms with Crippen molar-refractivity contribution in [1.29, 1.82) is 5.26 Å². The number of fused-ring (bicyclic) bond motifs is 1. The lowest BCUT2D eigenvalue weighted by Gasteiger charge is -2.31. The van der Waals surface area contributed by atoms with E-state index in [1.807, 2.05) is 30.3 Å². The van der Waals surface area contributed by atoms with E-state index in [0.29, 0.717) is 19.3 Å². The number of amides is 1. The molecule has 1 N–H and O–H groups in total. The molecule has 1 aliphatic carbocycles. The average molecular weight is 412 g/mol. The molecule has 0 unspecified atom stereocenters. The SMILES string of the molecule is CCOC(=O)c1c(NC(=O)C(=O)OC)sc2c1CC[C@@](C#N)(c1ccccc1)C2. The van der Waals surface area contributed by atoms with Crippen molar-refractivity contribution in [2.24, 2.45) is 0 Å². The molecule has 29 heavy (non-hydrogen) atoms. The van der Waals surface area contributed by atoms with Crippen LogP contribution in [0.25, 0.3) is 0 Å². The lowest BCUT2D eigenvalue weighted by Crippen LogP contribution is -2.31. The van der Waals surface area contributed by atoms with Crippen LogP contribution in [0.5, 0.6) is 0 Å². The Bertz CT molecular complexity index is 992. The molecule has 3 rings (SSSR count). The zero-order chi connectivity index (χ0) is 21.0. The van der Waals surface area contributed by atoms with Crippen LogP contribution >= 0.6 is 11.3 Å². The number of nitrogens with zero attached hydrogens (tertiary/aromatic N) is 1. The monoisotopic (exact) mass is 412 g/mol. The maximum absolute atomic E-state index is 12.6. The van der Waals surface area contributed by atoms with E-state index in [-0.39, 0.29) is 17.2 Å². The molecule has 8 heteroatoms. The summed E-state index contributed by atoms with van der Waals surface area (Å²) in [5.74, 6) is -2.58. The molecule has 150 valence electrons. The fourth-order valence-corrected chi connectivity index (χ4v) is 4.88. The first-order valence-corrected chi connectivity index (χ1v) is 9.95. The molecule has 1 aromatic heterocycles. The number of anilines is 1. The molecule has 0 bridgehead atoms. The van der Waals surface area contributed by atoms with Gasteiger partial charge in [0.05, 0.1) is 30.8 Å². The zero-order valence-electron chi connectivity index (χ0n) is 16.1. The first kappa shape index (κ1) is 20.6. The number of hydrogen-bond acceptors (Lipinski definition) is 7. The second kappa shape index (κ2) is 8.45. The normalized spacial score (nSPS) is 17.6. The van der Waals surface area contributed by atoms with Crippen LogP contribution in [0.15, 0.2) is 30.3 Å². The summed E-state index contributed by atoms with van der Waals surface area (Å²) in [5.41, 5.74) is 1.22. The van der Waals surface area contributed by atoms with Crippen LogP contribution in [0.3, 0.4) is 0 Å². The molecule has 7 nitrogen and oxygen atoms in total. The predicted molar refractivity (Wildman–Crippen MR) is 107 cm³/mol. The first-order chi connectivity index (χ1) is 14.0. The number of benzene rings is 1. The molecule has 1 aliphatic rings. The number of ether oxygens (including phenoxy) is 2. The smallest absolute Gasteiger partial charge is 0.396 e. The number of rotatable bonds is 4. The summed E-state index contributed by atoms with van der Waals surface area (Å²) in [6, 6.07) is 12.0. The van der Waals surface area contributed by atoms with Gasteiger partial charge in [0, 0.05) is 11.3 Å². The zero-order valence-corrected chi connectivity index (χ0v) is 16.9. The van der Waals surface area contributed by atoms with Crippen LogP contribution < -0.4 is 5.32 Å². The molecule has 0 saturated carbocycles. The van der Waals surface area contributed by atoms with Gasteiger partial charge in [-0.2, -0.15) is 5.26 Å². The van der Waals surface area contributed by atoms with Gasteiger partial charge >= 0.3 is 17.8 Å². The number of hydrogen-bond donors (Lipinski definition) is 1. The third-order valence-corrected chi connectivity index (χ3v) is 6.12. The Morgan fingerprint density at radius 2 is 2.00 bits per heavy atom. The third kappa shape index (κ3) is 3.87. The molecular weight excluding hydrogens is 392 g/mol. The Kier molecular flexibility index (Phi) is 5.99. The minimum atomic E-state index is -1.05. The van der Waals surface area contributed by atoms with Gasteiger partial charge in [-0.3, -0.25) is 4.79 Å². The molecule has 1 heterocycles. The van der Waals surface area contributed by atoms with Gasteiger partial charge in [-0.25, -0.2) is 9.59 Å². The highest BCUT2D eigenvalue weighted by Crippen LogP contribution is 2.45. The van der Waals surface area contributed by atoms with Crippen LogP contribution in [0, 0.1) is 11.3 Å². The quantitative estimate of drug-likeness (QED) is 0.611. The van der Waals surface area contributed by atoms with E-state index in [0.717, 1.165) is 23.1 Å². The second-order valence-corrected chi connectivity index (χ2v) is 7.72. The van der Waals surface area contributed by atoms with Gasteiger partial charge in [0.25, 0.3) is 0 Å². The third-order valence-electron chi connectivity index (χ3n) is 4.97. The summed E-state index contributed by atoms with van der Waals surface area (Å²) in [6.45, 7) is 1.87. The molecule has 1 amide bonds. The molecule has 0 aliphatic heterocycles. The van der Waals surface area contributed by atoms with Crippen molar-refractivity contribution in [3.8, 4) is 6.07 Å². The van der Waals surface area contributed by atoms with Crippen molar-refractivity contribution in [3.05, 3.63) is 51.9 Å². The summed E-state index contributed by atoms with van der Waals surface area (Å²) >= 11 is 1.19. The predicted octanol–water partition coefficient (Wildman–Crippen LogP) is 2.99. The van der Waals surface area contributed by atoms with E-state index < -0.39 is 23.3 Å². The molecule has 1 atom stereocenters. The largest absolute Gasteiger partial charge is 0.462 e. The number of thiophene rings is 1. The van der Waals surface area contributed by atoms with E-state index in [1.165, 1.54) is 11.3 Å². The van der Waals surface area contributed by atoms with Gasteiger partial charge in [-0.15, -0.1) is 11.3 Å². The fourth-order valence-electron chi connectivity index (χ4n) is 3.54. The highest BCUT2D eigenvalue weighted by molar-refractivity contribution is 7.17. The summed E-state index contributed by atoms with van der Waals surface area (Å²) in [6.07, 6.45) is 1.43. The average Bonchev–Trinajstić information content (AvgIpc) is 3.10. The van der Waals surface area contributed by atoms with Gasteiger partial charge in [0.1, 0.15) is 5.00 Å². The summed E-state index contributed by atoms with van der Waals surface area (Å²) in [4.78, 5) is 36.9. The van der Waals surface area contributed by atoms with Gasteiger partial charge in [-0.1, -0.05) is 30.3 Å². The van der Waals surface area contributed by atoms with Crippen molar-refractivity contribution in [1.82, 2.24) is 0 Å². The maximum atomic E-state index is 12.6. The van der Waals surface area contributed by atoms with Crippen molar-refractivity contribution in [2.45, 2.75) is 31.6 Å². The number of nitriles is 1. The Morgan fingerprint density at radius 3 is 2.62 bits per heavy atom. The molecule has 2 aromatic rings. The number of methoxy groups -OCH3 is 1. The van der Waals surface area contributed by atoms with Gasteiger partial charge in [-0.05, 0) is 30.9 Å². The number of esters is 2. The number of carbonyl (C=O) groups excluding carboxylic acids is 3. The van der Waals surface area contributed by atoms with Crippen molar-refractivity contribution >= 4 is 34.2 Å². The van der Waals surface area contributed by atoms with E-state index >= 15 is 0 Å². The highest BCUT2D eigenvalue weighted by atomic mass is 32.1. The van der Waals surface area contributed by atoms with E-state index in [4.69, 9.17) is 4.74 Å². The lowest BCUT2D eigenvalue weighted by atomic mass is 9.70. The van der Waals surface area contributed by atoms with E-state index in [1.54, 1.807) is 6.92 Å². The van der Waals surface area contributed by atoms with Gasteiger partial charge in [0.15, 0.2) is 0 Å². The van der Waals surface area contributed by atoms with Crippen LogP contribution in [0.4, 0.5) is 5.00 Å². The van der Waals surface area contributed by atoms with Crippen LogP contribution in [-0.4, -0.2) is 31.6 Å². The molecular formula is C21H20N2O5S. The van der Waals surface area contributed by atoms with Gasteiger partial charge < -0.3 is 14.8 Å². The molecule has 1 aromatic carbocycles. The van der Waals surface area contributed by atoms with E-state index in [2.05, 4.69) is 16.1 Å². The Morgan fingerprint density at radius 1 is 1.28 bits per heavy atom. The van der Waals surface area contributed by atoms with Crippen molar-refractivity contribution in [2.75, 3.05) is 19.0 Å². The summed E-state index contributed by atoms with van der Waals surface area (Å²) < 4.78 is 9.60. The second-order valence-electron chi connectivity index (χ2n) is 6.61. The van der Waals surface area contributed by atoms with Crippen LogP contribution in [0.2, 0.25) is 0 Å². The molecule has 0 saturated heterocycles. The van der Waals surface area contributed by atoms with Crippen LogP contribution in [0.1, 0.15) is 39.7 Å². The summed E-state index contributed by atoms with van der Waals surface area (Å²) in [7, 11) is 1.11. The van der Waals surface area contributed by atoms with Crippen molar-refractivity contribution < 1.29 is 23.9 Å². The van der Waals surface area contributed by atoms with Gasteiger partial charge in [0.2, 0.25) is 0 Å². The number of nitrogens with one attached hydrogen (secondary N) is 1. The van der Waals surface area contributed by atoms with E-state index in [9.17, 15) is 19.6 Å². The minimum Gasteiger partial charge on any atom is -0.462 e. The lowest BCUT2D eigenvalue weighted by molar-refractivity contribution is -0.150. The summed E-state index contributed by atoms with van der Waals surface area (Å²) in [5, 5.41) is 12.7. The molecule has 0 fully saturated rings. The maximum Gasteiger partial charge on any atom is 0.396 e. The van der Waals surface area contributed by atoms with Crippen LogP contribution in [-0.2, 0) is 37.3 Å². The Labute approximate surface area is 172 Å². The Hall–Kier alpha value is -3.18. The first-order valence-electron chi connectivity index (χ1n) is 9.13. The Balaban J connectivity index is 2.03. The number of carbonyl (C=O) groups is 3. The minimum absolute atomic E-state index is 0.181.